The van der Waals surface area contributed by atoms with E-state index in [1.54, 1.807) is 10.8 Å². The number of aliphatic hydroxyl groups excluding tert-OH is 1. The van der Waals surface area contributed by atoms with Gasteiger partial charge in [-0.1, -0.05) is 34.3 Å². The fourth-order valence-electron chi connectivity index (χ4n) is 1.51. The molecule has 1 rings (SSSR count). The topological polar surface area (TPSA) is 38.0 Å². The third-order valence-corrected chi connectivity index (χ3v) is 2.47. The Morgan fingerprint density at radius 1 is 1.50 bits per heavy atom. The van der Waals surface area contributed by atoms with Gasteiger partial charge in [0.2, 0.25) is 0 Å². The number of aliphatic hydroxyl groups is 1. The molecule has 0 amide bonds. The van der Waals surface area contributed by atoms with Crippen LogP contribution in [0.5, 0.6) is 0 Å². The number of hydrogen-bond donors (Lipinski definition) is 1. The summed E-state index contributed by atoms with van der Waals surface area (Å²) in [5, 5.41) is 9.99. The number of rotatable bonds is 5. The van der Waals surface area contributed by atoms with Crippen molar-refractivity contribution in [2.45, 2.75) is 47.1 Å². The molecule has 0 saturated heterocycles. The van der Waals surface area contributed by atoms with Gasteiger partial charge in [-0.25, -0.2) is 4.98 Å². The summed E-state index contributed by atoms with van der Waals surface area (Å²) >= 11 is 0. The summed E-state index contributed by atoms with van der Waals surface area (Å²) in [5.41, 5.74) is 1.42. The van der Waals surface area contributed by atoms with Crippen molar-refractivity contribution >= 4 is 5.70 Å². The Hall–Kier alpha value is -1.16. The highest BCUT2D eigenvalue weighted by Crippen LogP contribution is 2.24. The quantitative estimate of drug-likeness (QED) is 0.871. The van der Waals surface area contributed by atoms with Crippen molar-refractivity contribution in [1.29, 1.82) is 0 Å². The summed E-state index contributed by atoms with van der Waals surface area (Å²) < 4.78 is 14.0. The zero-order valence-electron chi connectivity index (χ0n) is 12.1. The molecule has 0 aromatic carbocycles. The average Bonchev–Trinajstić information content (AvgIpc) is 2.73. The molecular weight excluding hydrogens is 231 g/mol. The number of aromatic nitrogens is 2. The lowest BCUT2D eigenvalue weighted by molar-refractivity contribution is 0.116. The molecule has 1 aromatic rings. The van der Waals surface area contributed by atoms with Crippen LogP contribution < -0.4 is 0 Å². The molecule has 3 nitrogen and oxygen atoms in total. The smallest absolute Gasteiger partial charge is 0.142 e. The number of aryl methyl sites for hydroxylation is 1. The van der Waals surface area contributed by atoms with Crippen LogP contribution in [-0.4, -0.2) is 21.3 Å². The first-order valence-corrected chi connectivity index (χ1v) is 6.45. The molecule has 0 aliphatic carbocycles. The fraction of sp³-hybridized carbons (Fsp3) is 0.643. The highest BCUT2D eigenvalue weighted by molar-refractivity contribution is 5.43. The van der Waals surface area contributed by atoms with Crippen molar-refractivity contribution in [3.05, 3.63) is 24.3 Å². The lowest BCUT2D eigenvalue weighted by atomic mass is 10.1. The minimum absolute atomic E-state index is 0.0683. The highest BCUT2D eigenvalue weighted by atomic mass is 19.1. The SMILES string of the molecule is C=C(CCF)n1cc(C)nc1C(O)C(C)C.CC. The summed E-state index contributed by atoms with van der Waals surface area (Å²) in [6.07, 6.45) is 1.39. The first-order chi connectivity index (χ1) is 8.47. The van der Waals surface area contributed by atoms with Crippen LogP contribution in [0.15, 0.2) is 12.8 Å². The summed E-state index contributed by atoms with van der Waals surface area (Å²) in [6.45, 7) is 13.0. The van der Waals surface area contributed by atoms with Crippen molar-refractivity contribution < 1.29 is 9.50 Å². The predicted octanol–water partition coefficient (Wildman–Crippen LogP) is 3.74. The van der Waals surface area contributed by atoms with E-state index in [0.29, 0.717) is 11.5 Å². The van der Waals surface area contributed by atoms with Crippen molar-refractivity contribution in [3.63, 3.8) is 0 Å². The van der Waals surface area contributed by atoms with Gasteiger partial charge in [-0.05, 0) is 12.8 Å². The Balaban J connectivity index is 0.00000137. The van der Waals surface area contributed by atoms with Gasteiger partial charge in [-0.3, -0.25) is 4.39 Å². The zero-order chi connectivity index (χ0) is 14.3. The number of halogens is 1. The molecule has 0 bridgehead atoms. The van der Waals surface area contributed by atoms with E-state index in [9.17, 15) is 9.50 Å². The lowest BCUT2D eigenvalue weighted by Gasteiger charge is -2.16. The minimum atomic E-state index is -0.648. The van der Waals surface area contributed by atoms with E-state index < -0.39 is 12.8 Å². The summed E-state index contributed by atoms with van der Waals surface area (Å²) in [5.74, 6) is 0.615. The van der Waals surface area contributed by atoms with Gasteiger partial charge in [-0.15, -0.1) is 0 Å². The van der Waals surface area contributed by atoms with Gasteiger partial charge in [-0.2, -0.15) is 0 Å². The van der Waals surface area contributed by atoms with E-state index in [0.717, 1.165) is 5.69 Å². The lowest BCUT2D eigenvalue weighted by Crippen LogP contribution is -2.12. The minimum Gasteiger partial charge on any atom is -0.385 e. The van der Waals surface area contributed by atoms with E-state index in [1.165, 1.54) is 0 Å². The Bertz CT molecular complexity index is 372. The van der Waals surface area contributed by atoms with Crippen molar-refractivity contribution in [2.24, 2.45) is 5.92 Å². The maximum atomic E-state index is 12.3. The monoisotopic (exact) mass is 256 g/mol. The number of nitrogens with zero attached hydrogens (tertiary/aromatic N) is 2. The van der Waals surface area contributed by atoms with Crippen LogP contribution in [0.2, 0.25) is 0 Å². The van der Waals surface area contributed by atoms with Crippen molar-refractivity contribution in [3.8, 4) is 0 Å². The number of hydrogen-bond acceptors (Lipinski definition) is 2. The second-order valence-electron chi connectivity index (χ2n) is 4.30. The third kappa shape index (κ3) is 4.26. The van der Waals surface area contributed by atoms with Crippen LogP contribution in [0.1, 0.15) is 51.7 Å². The summed E-state index contributed by atoms with van der Waals surface area (Å²) in [6, 6.07) is 0. The second kappa shape index (κ2) is 8.03. The first kappa shape index (κ1) is 16.8. The molecule has 0 aliphatic heterocycles. The van der Waals surface area contributed by atoms with Crippen molar-refractivity contribution in [2.75, 3.05) is 6.67 Å². The molecule has 0 aliphatic rings. The van der Waals surface area contributed by atoms with Crippen LogP contribution in [0.3, 0.4) is 0 Å². The molecule has 104 valence electrons. The maximum absolute atomic E-state index is 12.3. The zero-order valence-corrected chi connectivity index (χ0v) is 12.1. The molecule has 1 aromatic heterocycles. The Labute approximate surface area is 109 Å². The Morgan fingerprint density at radius 3 is 2.50 bits per heavy atom. The van der Waals surface area contributed by atoms with Gasteiger partial charge in [0.15, 0.2) is 0 Å². The van der Waals surface area contributed by atoms with Crippen molar-refractivity contribution in [1.82, 2.24) is 9.55 Å². The van der Waals surface area contributed by atoms with Gasteiger partial charge < -0.3 is 9.67 Å². The first-order valence-electron chi connectivity index (χ1n) is 6.45. The molecule has 18 heavy (non-hydrogen) atoms. The standard InChI is InChI=1S/C12H19FN2O.C2H6/c1-8(2)11(16)12-14-9(3)7-15(12)10(4)5-6-13;1-2/h7-8,11,16H,4-6H2,1-3H3;1-2H3. The number of imidazole rings is 1. The number of alkyl halides is 1. The molecule has 0 saturated carbocycles. The molecule has 1 unspecified atom stereocenters. The highest BCUT2D eigenvalue weighted by Gasteiger charge is 2.19. The Kier molecular flexibility index (Phi) is 7.51. The maximum Gasteiger partial charge on any atom is 0.142 e. The molecular formula is C14H25FN2O. The molecule has 1 heterocycles. The summed E-state index contributed by atoms with van der Waals surface area (Å²) in [7, 11) is 0. The fourth-order valence-corrected chi connectivity index (χ4v) is 1.51. The van der Waals surface area contributed by atoms with Gasteiger partial charge in [0.05, 0.1) is 12.4 Å². The van der Waals surface area contributed by atoms with Crippen LogP contribution in [0.4, 0.5) is 4.39 Å². The molecule has 0 fully saturated rings. The van der Waals surface area contributed by atoms with Crippen LogP contribution in [0, 0.1) is 12.8 Å². The van der Waals surface area contributed by atoms with Gasteiger partial charge >= 0.3 is 0 Å². The van der Waals surface area contributed by atoms with Crippen LogP contribution in [-0.2, 0) is 0 Å². The molecule has 1 N–H and O–H groups in total. The summed E-state index contributed by atoms with van der Waals surface area (Å²) in [4.78, 5) is 4.26. The largest absolute Gasteiger partial charge is 0.385 e. The van der Waals surface area contributed by atoms with E-state index >= 15 is 0 Å². The third-order valence-electron chi connectivity index (χ3n) is 2.47. The van der Waals surface area contributed by atoms with E-state index in [2.05, 4.69) is 11.6 Å². The van der Waals surface area contributed by atoms with Crippen LogP contribution in [0.25, 0.3) is 5.70 Å². The van der Waals surface area contributed by atoms with E-state index in [4.69, 9.17) is 0 Å². The van der Waals surface area contributed by atoms with E-state index in [-0.39, 0.29) is 12.3 Å². The Morgan fingerprint density at radius 2 is 2.06 bits per heavy atom. The normalized spacial score (nSPS) is 12.0. The predicted molar refractivity (Wildman–Crippen MR) is 74.0 cm³/mol. The van der Waals surface area contributed by atoms with Crippen LogP contribution >= 0.6 is 0 Å². The molecule has 0 spiro atoms. The molecule has 0 radical (unpaired) electrons. The van der Waals surface area contributed by atoms with Gasteiger partial charge in [0, 0.05) is 18.3 Å². The molecule has 1 atom stereocenters. The molecule has 4 heteroatoms. The van der Waals surface area contributed by atoms with Gasteiger partial charge in [0.25, 0.3) is 0 Å². The van der Waals surface area contributed by atoms with Gasteiger partial charge in [0.1, 0.15) is 11.9 Å². The second-order valence-corrected chi connectivity index (χ2v) is 4.30. The average molecular weight is 256 g/mol. The number of allylic oxidation sites excluding steroid dienone is 1. The van der Waals surface area contributed by atoms with E-state index in [1.807, 2.05) is 34.6 Å².